The third kappa shape index (κ3) is 9.40. The van der Waals surface area contributed by atoms with Gasteiger partial charge in [-0.15, -0.1) is 0 Å². The SMILES string of the molecule is COc1ccc(C(=O)c2ccc(S(C)(=O)=O)c(S(N)(=O)=O)c2)cc1.COc1ccc(C(=O)c2ccc(S(C)=O)c(S(N)(=O)=O)c2)cc1. The number of ketones is 2. The molecule has 4 aromatic rings. The van der Waals surface area contributed by atoms with Gasteiger partial charge in [0.05, 0.1) is 39.7 Å². The number of methoxy groups -OCH3 is 2. The van der Waals surface area contributed by atoms with Crippen LogP contribution in [0.4, 0.5) is 0 Å². The van der Waals surface area contributed by atoms with E-state index in [0.717, 1.165) is 24.5 Å². The van der Waals surface area contributed by atoms with Crippen molar-refractivity contribution >= 4 is 52.2 Å². The fourth-order valence-electron chi connectivity index (χ4n) is 4.11. The summed E-state index contributed by atoms with van der Waals surface area (Å²) in [5.74, 6) is 0.321. The van der Waals surface area contributed by atoms with Crippen molar-refractivity contribution in [1.82, 2.24) is 0 Å². The maximum absolute atomic E-state index is 12.5. The summed E-state index contributed by atoms with van der Waals surface area (Å²) < 4.78 is 91.7. The summed E-state index contributed by atoms with van der Waals surface area (Å²) in [5.41, 5.74) is 0.824. The number of carbonyl (C=O) groups excluding carboxylic acids is 2. The van der Waals surface area contributed by atoms with Crippen molar-refractivity contribution < 1.29 is 48.5 Å². The molecule has 47 heavy (non-hydrogen) atoms. The van der Waals surface area contributed by atoms with Crippen LogP contribution in [0.15, 0.2) is 105 Å². The van der Waals surface area contributed by atoms with E-state index in [1.807, 2.05) is 0 Å². The molecular weight excluding hydrogens is 693 g/mol. The highest BCUT2D eigenvalue weighted by Gasteiger charge is 2.24. The number of ether oxygens (including phenoxy) is 2. The number of sulfone groups is 1. The van der Waals surface area contributed by atoms with Crippen LogP contribution in [0, 0.1) is 0 Å². The molecule has 0 aliphatic rings. The van der Waals surface area contributed by atoms with Crippen LogP contribution >= 0.6 is 0 Å². The molecule has 0 radical (unpaired) electrons. The van der Waals surface area contributed by atoms with Gasteiger partial charge in [-0.05, 0) is 84.9 Å². The van der Waals surface area contributed by atoms with E-state index in [0.29, 0.717) is 22.6 Å². The Kier molecular flexibility index (Phi) is 11.6. The first-order valence-corrected chi connectivity index (χ1v) is 19.6. The number of hydrogen-bond acceptors (Lipinski definition) is 11. The van der Waals surface area contributed by atoms with Gasteiger partial charge in [0.15, 0.2) is 21.4 Å². The summed E-state index contributed by atoms with van der Waals surface area (Å²) in [4.78, 5) is 23.6. The molecular formula is C30H30N2O11S4. The molecule has 0 heterocycles. The predicted molar refractivity (Wildman–Crippen MR) is 174 cm³/mol. The van der Waals surface area contributed by atoms with Gasteiger partial charge in [-0.1, -0.05) is 0 Å². The van der Waals surface area contributed by atoms with E-state index in [1.165, 1.54) is 50.8 Å². The molecule has 4 rings (SSSR count). The lowest BCUT2D eigenvalue weighted by atomic mass is 10.0. The van der Waals surface area contributed by atoms with Crippen LogP contribution in [0.2, 0.25) is 0 Å². The van der Waals surface area contributed by atoms with E-state index in [1.54, 1.807) is 36.4 Å². The summed E-state index contributed by atoms with van der Waals surface area (Å²) in [6.45, 7) is 0. The van der Waals surface area contributed by atoms with Crippen molar-refractivity contribution in [1.29, 1.82) is 0 Å². The molecule has 0 aromatic heterocycles. The van der Waals surface area contributed by atoms with Crippen LogP contribution in [-0.2, 0) is 40.7 Å². The molecule has 0 saturated carbocycles. The minimum absolute atomic E-state index is 0.0107. The van der Waals surface area contributed by atoms with Crippen molar-refractivity contribution in [3.05, 3.63) is 107 Å². The molecule has 0 amide bonds. The summed E-state index contributed by atoms with van der Waals surface area (Å²) >= 11 is 0. The summed E-state index contributed by atoms with van der Waals surface area (Å²) in [6.07, 6.45) is 2.21. The van der Waals surface area contributed by atoms with Gasteiger partial charge >= 0.3 is 0 Å². The van der Waals surface area contributed by atoms with Crippen LogP contribution in [0.5, 0.6) is 11.5 Å². The van der Waals surface area contributed by atoms with Gasteiger partial charge in [-0.2, -0.15) is 0 Å². The first-order valence-electron chi connectivity index (χ1n) is 13.0. The largest absolute Gasteiger partial charge is 0.497 e. The number of benzene rings is 4. The first kappa shape index (κ1) is 37.2. The van der Waals surface area contributed by atoms with Gasteiger partial charge in [0.1, 0.15) is 16.4 Å². The van der Waals surface area contributed by atoms with Crippen molar-refractivity contribution in [2.45, 2.75) is 19.6 Å². The Morgan fingerprint density at radius 2 is 0.936 bits per heavy atom. The molecule has 0 spiro atoms. The Hall–Kier alpha value is -4.26. The minimum Gasteiger partial charge on any atom is -0.497 e. The van der Waals surface area contributed by atoms with Gasteiger partial charge in [0.2, 0.25) is 20.0 Å². The molecule has 0 bridgehead atoms. The number of sulfonamides is 2. The van der Waals surface area contributed by atoms with Crippen molar-refractivity contribution in [2.75, 3.05) is 26.7 Å². The van der Waals surface area contributed by atoms with E-state index in [-0.39, 0.29) is 26.7 Å². The van der Waals surface area contributed by atoms with Crippen LogP contribution < -0.4 is 19.8 Å². The number of primary sulfonamides is 2. The molecule has 0 aliphatic heterocycles. The standard InChI is InChI=1S/C15H15NO6S2.C15H15NO5S2/c1-22-12-6-3-10(4-7-12)15(17)11-5-8-13(23(2,18)19)14(9-11)24(16,20)21;1-21-12-6-3-10(4-7-12)15(17)11-5-8-13(22(2)18)14(9-11)23(16,19)20/h3-9H,1-2H3,(H2,16,20,21);3-9H,1-2H3,(H2,16,19,20). The Morgan fingerprint density at radius 1 is 0.574 bits per heavy atom. The van der Waals surface area contributed by atoms with E-state index < -0.39 is 56.3 Å². The molecule has 17 heteroatoms. The molecule has 4 aromatic carbocycles. The average Bonchev–Trinajstić information content (AvgIpc) is 3.02. The van der Waals surface area contributed by atoms with Crippen molar-refractivity contribution in [3.8, 4) is 11.5 Å². The molecule has 13 nitrogen and oxygen atoms in total. The van der Waals surface area contributed by atoms with Gasteiger partial charge in [-0.3, -0.25) is 13.8 Å². The Bertz CT molecular complexity index is 2180. The quantitative estimate of drug-likeness (QED) is 0.226. The molecule has 4 N–H and O–H groups in total. The van der Waals surface area contributed by atoms with Crippen molar-refractivity contribution in [2.24, 2.45) is 10.3 Å². The van der Waals surface area contributed by atoms with Gasteiger partial charge in [-0.25, -0.2) is 35.5 Å². The number of carbonyl (C=O) groups is 2. The third-order valence-electron chi connectivity index (χ3n) is 6.44. The molecule has 1 unspecified atom stereocenters. The maximum Gasteiger partial charge on any atom is 0.239 e. The van der Waals surface area contributed by atoms with E-state index in [9.17, 15) is 39.1 Å². The highest BCUT2D eigenvalue weighted by molar-refractivity contribution is 7.93. The van der Waals surface area contributed by atoms with E-state index >= 15 is 0 Å². The summed E-state index contributed by atoms with van der Waals surface area (Å²) in [5, 5.41) is 10.2. The maximum atomic E-state index is 12.5. The van der Waals surface area contributed by atoms with Crippen LogP contribution in [0.25, 0.3) is 0 Å². The average molecular weight is 723 g/mol. The minimum atomic E-state index is -4.32. The second-order valence-electron chi connectivity index (χ2n) is 9.75. The molecule has 0 aliphatic carbocycles. The highest BCUT2D eigenvalue weighted by atomic mass is 32.2. The van der Waals surface area contributed by atoms with Crippen LogP contribution in [0.1, 0.15) is 31.8 Å². The van der Waals surface area contributed by atoms with Crippen molar-refractivity contribution in [3.63, 3.8) is 0 Å². The zero-order chi connectivity index (χ0) is 35.3. The van der Waals surface area contributed by atoms with E-state index in [2.05, 4.69) is 0 Å². The molecule has 0 fully saturated rings. The Balaban J connectivity index is 0.000000256. The van der Waals surface area contributed by atoms with Crippen LogP contribution in [-0.4, -0.2) is 67.8 Å². The van der Waals surface area contributed by atoms with Gasteiger partial charge in [0, 0.05) is 34.8 Å². The Labute approximate surface area is 275 Å². The number of nitrogens with two attached hydrogens (primary N) is 2. The first-order chi connectivity index (χ1) is 21.8. The fourth-order valence-corrected chi connectivity index (χ4v) is 8.23. The fraction of sp³-hybridized carbons (Fsp3) is 0.133. The lowest BCUT2D eigenvalue weighted by molar-refractivity contribution is 0.103. The third-order valence-corrected chi connectivity index (χ3v) is 10.7. The summed E-state index contributed by atoms with van der Waals surface area (Å²) in [7, 11) is -10.8. The summed E-state index contributed by atoms with van der Waals surface area (Å²) in [6, 6.07) is 19.8. The van der Waals surface area contributed by atoms with Gasteiger partial charge < -0.3 is 9.47 Å². The lowest BCUT2D eigenvalue weighted by Crippen LogP contribution is -2.17. The predicted octanol–water partition coefficient (Wildman–Crippen LogP) is 2.29. The molecule has 1 atom stereocenters. The normalized spacial score (nSPS) is 12.3. The lowest BCUT2D eigenvalue weighted by Gasteiger charge is -2.09. The van der Waals surface area contributed by atoms with Gasteiger partial charge in [0.25, 0.3) is 0 Å². The monoisotopic (exact) mass is 722 g/mol. The highest BCUT2D eigenvalue weighted by Crippen LogP contribution is 2.24. The zero-order valence-corrected chi connectivity index (χ0v) is 28.6. The Morgan fingerprint density at radius 3 is 1.28 bits per heavy atom. The topological polar surface area (TPSA) is 224 Å². The molecule has 0 saturated heterocycles. The number of rotatable bonds is 10. The van der Waals surface area contributed by atoms with E-state index in [4.69, 9.17) is 19.8 Å². The number of hydrogen-bond donors (Lipinski definition) is 2. The second-order valence-corrected chi connectivity index (χ2v) is 16.1. The smallest absolute Gasteiger partial charge is 0.239 e. The van der Waals surface area contributed by atoms with Crippen LogP contribution in [0.3, 0.4) is 0 Å². The zero-order valence-electron chi connectivity index (χ0n) is 25.4. The second kappa shape index (κ2) is 14.7. The molecule has 250 valence electrons.